The number of rotatable bonds is 11. The number of amides is 1. The van der Waals surface area contributed by atoms with Crippen molar-refractivity contribution in [3.8, 4) is 0 Å². The van der Waals surface area contributed by atoms with E-state index in [-0.39, 0.29) is 17.2 Å². The van der Waals surface area contributed by atoms with Gasteiger partial charge >= 0.3 is 0 Å². The molecule has 0 aromatic heterocycles. The van der Waals surface area contributed by atoms with E-state index in [1.165, 1.54) is 29.8 Å². The molecule has 0 aliphatic carbocycles. The molecule has 3 aromatic carbocycles. The first-order valence-corrected chi connectivity index (χ1v) is 12.3. The largest absolute Gasteiger partial charge is 0.355 e. The molecule has 0 bridgehead atoms. The summed E-state index contributed by atoms with van der Waals surface area (Å²) >= 11 is 5.86. The van der Waals surface area contributed by atoms with Crippen LogP contribution in [-0.4, -0.2) is 26.9 Å². The van der Waals surface area contributed by atoms with Gasteiger partial charge in [0.2, 0.25) is 15.9 Å². The van der Waals surface area contributed by atoms with Crippen LogP contribution in [0.3, 0.4) is 0 Å². The second-order valence-corrected chi connectivity index (χ2v) is 9.62. The Hall–Kier alpha value is -2.67. The van der Waals surface area contributed by atoms with Gasteiger partial charge < -0.3 is 5.32 Å². The first-order valence-electron chi connectivity index (χ1n) is 10.5. The Morgan fingerprint density at radius 1 is 0.906 bits per heavy atom. The monoisotopic (exact) mass is 469 g/mol. The van der Waals surface area contributed by atoms with Crippen molar-refractivity contribution in [2.75, 3.05) is 6.54 Å². The van der Waals surface area contributed by atoms with E-state index in [2.05, 4.69) is 28.2 Å². The number of nitrogens with one attached hydrogen (secondary N) is 2. The highest BCUT2D eigenvalue weighted by Crippen LogP contribution is 2.15. The predicted molar refractivity (Wildman–Crippen MR) is 127 cm³/mol. The molecule has 32 heavy (non-hydrogen) atoms. The van der Waals surface area contributed by atoms with E-state index in [0.717, 1.165) is 24.8 Å². The summed E-state index contributed by atoms with van der Waals surface area (Å²) in [5, 5.41) is 3.32. The van der Waals surface area contributed by atoms with Crippen molar-refractivity contribution in [2.45, 2.75) is 36.6 Å². The van der Waals surface area contributed by atoms with E-state index in [1.807, 2.05) is 30.3 Å². The maximum Gasteiger partial charge on any atom is 0.241 e. The van der Waals surface area contributed by atoms with Crippen LogP contribution in [0.1, 0.15) is 24.0 Å². The highest BCUT2D eigenvalue weighted by Gasteiger charge is 2.26. The molecule has 0 aliphatic rings. The highest BCUT2D eigenvalue weighted by atomic mass is 35.5. The zero-order valence-electron chi connectivity index (χ0n) is 17.6. The molecule has 0 unspecified atom stereocenters. The number of halogens is 1. The van der Waals surface area contributed by atoms with Gasteiger partial charge in [-0.15, -0.1) is 0 Å². The maximum atomic E-state index is 12.9. The molecule has 0 fully saturated rings. The van der Waals surface area contributed by atoms with Crippen LogP contribution in [0.15, 0.2) is 83.8 Å². The molecule has 1 radical (unpaired) electrons. The normalized spacial score (nSPS) is 12.3. The average molecular weight is 470 g/mol. The third kappa shape index (κ3) is 7.48. The van der Waals surface area contributed by atoms with Crippen LogP contribution < -0.4 is 10.0 Å². The van der Waals surface area contributed by atoms with Gasteiger partial charge in [-0.05, 0) is 67.1 Å². The minimum atomic E-state index is -3.89. The molecule has 0 saturated heterocycles. The van der Waals surface area contributed by atoms with Crippen LogP contribution in [0.2, 0.25) is 5.02 Å². The van der Waals surface area contributed by atoms with Gasteiger partial charge in [0.15, 0.2) is 0 Å². The van der Waals surface area contributed by atoms with Crippen LogP contribution in [0.25, 0.3) is 0 Å². The number of hydrogen-bond acceptors (Lipinski definition) is 3. The molecular weight excluding hydrogens is 444 g/mol. The van der Waals surface area contributed by atoms with E-state index in [4.69, 9.17) is 11.6 Å². The standard InChI is InChI=1S/C25H26ClN2O3S/c26-22-14-16-23(17-15-22)32(30,31)28-24(19-21-12-5-2-6-13-21)25(29)27-18-8-7-11-20-9-3-1-4-10-20/h1,3-6,9-10,12-17,24,28H,7-8,11,18-19H2,(H,27,29)/t24-/m0/s1. The Morgan fingerprint density at radius 2 is 1.59 bits per heavy atom. The van der Waals surface area contributed by atoms with Crippen molar-refractivity contribution >= 4 is 27.5 Å². The van der Waals surface area contributed by atoms with Crippen LogP contribution >= 0.6 is 11.6 Å². The summed E-state index contributed by atoms with van der Waals surface area (Å²) in [6.45, 7) is 0.480. The summed E-state index contributed by atoms with van der Waals surface area (Å²) in [4.78, 5) is 12.9. The lowest BCUT2D eigenvalue weighted by atomic mass is 10.1. The van der Waals surface area contributed by atoms with Crippen molar-refractivity contribution in [2.24, 2.45) is 0 Å². The Kier molecular flexibility index (Phi) is 8.85. The van der Waals surface area contributed by atoms with E-state index < -0.39 is 16.1 Å². The molecule has 1 amide bonds. The molecule has 3 rings (SSSR count). The summed E-state index contributed by atoms with van der Waals surface area (Å²) in [5.74, 6) is -0.352. The van der Waals surface area contributed by atoms with Gasteiger partial charge in [-0.2, -0.15) is 4.72 Å². The van der Waals surface area contributed by atoms with E-state index in [1.54, 1.807) is 12.1 Å². The number of carbonyl (C=O) groups is 1. The molecule has 7 heteroatoms. The number of sulfonamides is 1. The third-order valence-corrected chi connectivity index (χ3v) is 6.74. The van der Waals surface area contributed by atoms with Gasteiger partial charge in [-0.1, -0.05) is 66.2 Å². The smallest absolute Gasteiger partial charge is 0.241 e. The van der Waals surface area contributed by atoms with Gasteiger partial charge in [0.05, 0.1) is 4.90 Å². The molecule has 1 atom stereocenters. The first kappa shape index (κ1) is 24.0. The minimum Gasteiger partial charge on any atom is -0.355 e. The quantitative estimate of drug-likeness (QED) is 0.414. The summed E-state index contributed by atoms with van der Waals surface area (Å²) in [6.07, 6.45) is 2.90. The molecule has 0 saturated carbocycles. The fourth-order valence-corrected chi connectivity index (χ4v) is 4.61. The molecule has 167 valence electrons. The summed E-state index contributed by atoms with van der Waals surface area (Å²) < 4.78 is 28.2. The average Bonchev–Trinajstić information content (AvgIpc) is 2.80. The first-order chi connectivity index (χ1) is 15.4. The van der Waals surface area contributed by atoms with Gasteiger partial charge in [-0.25, -0.2) is 8.42 Å². The lowest BCUT2D eigenvalue weighted by Gasteiger charge is -2.19. The second kappa shape index (κ2) is 11.8. The molecule has 0 spiro atoms. The van der Waals surface area contributed by atoms with Gasteiger partial charge in [0.25, 0.3) is 0 Å². The van der Waals surface area contributed by atoms with Crippen molar-refractivity contribution in [3.63, 3.8) is 0 Å². The van der Waals surface area contributed by atoms with Gasteiger partial charge in [-0.3, -0.25) is 4.79 Å². The number of aryl methyl sites for hydroxylation is 1. The van der Waals surface area contributed by atoms with E-state index in [9.17, 15) is 13.2 Å². The SMILES string of the molecule is O=C(NCCCCc1ccccc1)[C@H](Cc1cc[c]cc1)NS(=O)(=O)c1ccc(Cl)cc1. The lowest BCUT2D eigenvalue weighted by molar-refractivity contribution is -0.122. The van der Waals surface area contributed by atoms with Crippen LogP contribution in [0.5, 0.6) is 0 Å². The molecule has 3 aromatic rings. The van der Waals surface area contributed by atoms with Crippen LogP contribution in [-0.2, 0) is 27.7 Å². The molecule has 2 N–H and O–H groups in total. The molecular formula is C25H26ClN2O3S. The van der Waals surface area contributed by atoms with Crippen LogP contribution in [0.4, 0.5) is 0 Å². The van der Waals surface area contributed by atoms with Crippen molar-refractivity contribution in [3.05, 3.63) is 101 Å². The second-order valence-electron chi connectivity index (χ2n) is 7.47. The summed E-state index contributed by atoms with van der Waals surface area (Å²) in [7, 11) is -3.89. The minimum absolute atomic E-state index is 0.0592. The predicted octanol–water partition coefficient (Wildman–Crippen LogP) is 4.17. The van der Waals surface area contributed by atoms with Gasteiger partial charge in [0.1, 0.15) is 6.04 Å². The topological polar surface area (TPSA) is 75.3 Å². The zero-order valence-corrected chi connectivity index (χ0v) is 19.2. The van der Waals surface area contributed by atoms with Crippen molar-refractivity contribution in [1.82, 2.24) is 10.0 Å². The number of benzene rings is 3. The number of hydrogen-bond donors (Lipinski definition) is 2. The fraction of sp³-hybridized carbons (Fsp3) is 0.240. The Morgan fingerprint density at radius 3 is 2.28 bits per heavy atom. The maximum absolute atomic E-state index is 12.9. The zero-order chi connectivity index (χ0) is 22.8. The number of carbonyl (C=O) groups excluding carboxylic acids is 1. The fourth-order valence-electron chi connectivity index (χ4n) is 3.28. The summed E-state index contributed by atoms with van der Waals surface area (Å²) in [5.41, 5.74) is 2.10. The van der Waals surface area contributed by atoms with Crippen molar-refractivity contribution in [1.29, 1.82) is 0 Å². The number of unbranched alkanes of at least 4 members (excludes halogenated alkanes) is 1. The van der Waals surface area contributed by atoms with Gasteiger partial charge in [0, 0.05) is 11.6 Å². The lowest BCUT2D eigenvalue weighted by Crippen LogP contribution is -2.48. The molecule has 0 heterocycles. The van der Waals surface area contributed by atoms with E-state index in [0.29, 0.717) is 11.6 Å². The van der Waals surface area contributed by atoms with Crippen molar-refractivity contribution < 1.29 is 13.2 Å². The highest BCUT2D eigenvalue weighted by molar-refractivity contribution is 7.89. The summed E-state index contributed by atoms with van der Waals surface area (Å²) in [6, 6.07) is 25.1. The van der Waals surface area contributed by atoms with E-state index >= 15 is 0 Å². The molecule has 0 aliphatic heterocycles. The Labute approximate surface area is 194 Å². The van der Waals surface area contributed by atoms with Crippen LogP contribution in [0, 0.1) is 6.07 Å². The third-order valence-electron chi connectivity index (χ3n) is 5.00. The molecule has 5 nitrogen and oxygen atoms in total. The Balaban J connectivity index is 1.61. The Bertz CT molecular complexity index is 1090.